The third kappa shape index (κ3) is 3.41. The molecule has 0 atom stereocenters. The molecule has 3 nitrogen and oxygen atoms in total. The van der Waals surface area contributed by atoms with E-state index in [1.54, 1.807) is 0 Å². The number of ether oxygens (including phenoxy) is 1. The van der Waals surface area contributed by atoms with Gasteiger partial charge in [-0.2, -0.15) is 0 Å². The second-order valence-electron chi connectivity index (χ2n) is 6.17. The summed E-state index contributed by atoms with van der Waals surface area (Å²) in [5.41, 5.74) is 1.16. The van der Waals surface area contributed by atoms with Crippen molar-refractivity contribution in [1.29, 1.82) is 0 Å². The fourth-order valence-electron chi connectivity index (χ4n) is 2.92. The SMILES string of the molecule is CCc1nc(C2(OC)CCCC2)sc1CNCC(C)C. The van der Waals surface area contributed by atoms with E-state index in [1.165, 1.54) is 28.4 Å². The van der Waals surface area contributed by atoms with E-state index in [0.717, 1.165) is 32.4 Å². The molecule has 0 radical (unpaired) electrons. The van der Waals surface area contributed by atoms with E-state index in [-0.39, 0.29) is 5.60 Å². The van der Waals surface area contributed by atoms with Crippen LogP contribution in [-0.2, 0) is 23.3 Å². The van der Waals surface area contributed by atoms with Crippen molar-refractivity contribution < 1.29 is 4.74 Å². The molecule has 20 heavy (non-hydrogen) atoms. The van der Waals surface area contributed by atoms with Crippen LogP contribution in [0.1, 0.15) is 62.0 Å². The molecule has 1 aromatic rings. The first kappa shape index (κ1) is 15.9. The zero-order valence-corrected chi connectivity index (χ0v) is 14.1. The summed E-state index contributed by atoms with van der Waals surface area (Å²) in [6, 6.07) is 0. The average molecular weight is 296 g/mol. The summed E-state index contributed by atoms with van der Waals surface area (Å²) in [7, 11) is 1.84. The topological polar surface area (TPSA) is 34.1 Å². The Morgan fingerprint density at radius 3 is 2.60 bits per heavy atom. The lowest BCUT2D eigenvalue weighted by Gasteiger charge is -2.24. The normalized spacial score (nSPS) is 18.1. The predicted molar refractivity (Wildman–Crippen MR) is 85.2 cm³/mol. The lowest BCUT2D eigenvalue weighted by Crippen LogP contribution is -2.24. The van der Waals surface area contributed by atoms with Crippen molar-refractivity contribution in [1.82, 2.24) is 10.3 Å². The fraction of sp³-hybridized carbons (Fsp3) is 0.812. The Hall–Kier alpha value is -0.450. The van der Waals surface area contributed by atoms with Crippen LogP contribution in [0.15, 0.2) is 0 Å². The van der Waals surface area contributed by atoms with Gasteiger partial charge in [-0.25, -0.2) is 4.98 Å². The number of rotatable bonds is 7. The van der Waals surface area contributed by atoms with Gasteiger partial charge in [0.25, 0.3) is 0 Å². The number of methoxy groups -OCH3 is 1. The molecule has 1 heterocycles. The monoisotopic (exact) mass is 296 g/mol. The van der Waals surface area contributed by atoms with Crippen LogP contribution < -0.4 is 5.32 Å². The van der Waals surface area contributed by atoms with Crippen LogP contribution in [0.25, 0.3) is 0 Å². The van der Waals surface area contributed by atoms with Gasteiger partial charge in [-0.1, -0.05) is 33.6 Å². The van der Waals surface area contributed by atoms with Crippen LogP contribution in [0, 0.1) is 5.92 Å². The lowest BCUT2D eigenvalue weighted by atomic mass is 10.0. The van der Waals surface area contributed by atoms with Crippen LogP contribution in [-0.4, -0.2) is 18.6 Å². The Kier molecular flexibility index (Phi) is 5.58. The van der Waals surface area contributed by atoms with Gasteiger partial charge in [0.15, 0.2) is 0 Å². The van der Waals surface area contributed by atoms with Crippen molar-refractivity contribution in [3.05, 3.63) is 15.6 Å². The number of nitrogens with one attached hydrogen (secondary N) is 1. The maximum absolute atomic E-state index is 5.87. The molecule has 0 amide bonds. The van der Waals surface area contributed by atoms with Gasteiger partial charge in [-0.15, -0.1) is 11.3 Å². The molecule has 1 fully saturated rings. The number of aromatic nitrogens is 1. The molecule has 1 aliphatic rings. The first-order valence-electron chi connectivity index (χ1n) is 7.86. The third-order valence-corrected chi connectivity index (χ3v) is 5.43. The Balaban J connectivity index is 2.13. The summed E-state index contributed by atoms with van der Waals surface area (Å²) >= 11 is 1.86. The van der Waals surface area contributed by atoms with Crippen molar-refractivity contribution in [3.63, 3.8) is 0 Å². The van der Waals surface area contributed by atoms with E-state index >= 15 is 0 Å². The molecule has 1 aliphatic carbocycles. The number of nitrogens with zero attached hydrogens (tertiary/aromatic N) is 1. The van der Waals surface area contributed by atoms with Gasteiger partial charge in [0.05, 0.1) is 5.69 Å². The molecule has 1 aromatic heterocycles. The summed E-state index contributed by atoms with van der Waals surface area (Å²) in [5.74, 6) is 0.688. The molecule has 0 saturated heterocycles. The predicted octanol–water partition coefficient (Wildman–Crippen LogP) is 3.87. The third-order valence-electron chi connectivity index (χ3n) is 4.14. The molecule has 4 heteroatoms. The zero-order chi connectivity index (χ0) is 14.6. The summed E-state index contributed by atoms with van der Waals surface area (Å²) in [5, 5.41) is 4.74. The highest BCUT2D eigenvalue weighted by Crippen LogP contribution is 2.43. The molecule has 0 unspecified atom stereocenters. The molecule has 1 saturated carbocycles. The minimum absolute atomic E-state index is 0.0924. The molecule has 0 bridgehead atoms. The van der Waals surface area contributed by atoms with Crippen molar-refractivity contribution >= 4 is 11.3 Å². The molecule has 1 N–H and O–H groups in total. The van der Waals surface area contributed by atoms with E-state index in [9.17, 15) is 0 Å². The summed E-state index contributed by atoms with van der Waals surface area (Å²) < 4.78 is 5.87. The van der Waals surface area contributed by atoms with Gasteiger partial charge in [0.1, 0.15) is 10.6 Å². The maximum Gasteiger partial charge on any atom is 0.125 e. The van der Waals surface area contributed by atoms with E-state index in [2.05, 4.69) is 26.1 Å². The lowest BCUT2D eigenvalue weighted by molar-refractivity contribution is -0.00895. The van der Waals surface area contributed by atoms with E-state index in [0.29, 0.717) is 5.92 Å². The van der Waals surface area contributed by atoms with Crippen LogP contribution in [0.3, 0.4) is 0 Å². The Morgan fingerprint density at radius 1 is 1.35 bits per heavy atom. The fourth-order valence-corrected chi connectivity index (χ4v) is 4.26. The van der Waals surface area contributed by atoms with Crippen molar-refractivity contribution in [2.45, 2.75) is 65.0 Å². The first-order chi connectivity index (χ1) is 9.61. The van der Waals surface area contributed by atoms with Crippen LogP contribution in [0.5, 0.6) is 0 Å². The zero-order valence-electron chi connectivity index (χ0n) is 13.3. The van der Waals surface area contributed by atoms with E-state index in [4.69, 9.17) is 9.72 Å². The van der Waals surface area contributed by atoms with Crippen molar-refractivity contribution in [3.8, 4) is 0 Å². The van der Waals surface area contributed by atoms with Gasteiger partial charge >= 0.3 is 0 Å². The van der Waals surface area contributed by atoms with E-state index in [1.807, 2.05) is 18.4 Å². The molecule has 0 spiro atoms. The molecular formula is C16H28N2OS. The van der Waals surface area contributed by atoms with Crippen molar-refractivity contribution in [2.75, 3.05) is 13.7 Å². The Bertz CT molecular complexity index is 422. The average Bonchev–Trinajstić information content (AvgIpc) is 3.05. The maximum atomic E-state index is 5.87. The van der Waals surface area contributed by atoms with Crippen LogP contribution in [0.4, 0.5) is 0 Å². The van der Waals surface area contributed by atoms with E-state index < -0.39 is 0 Å². The van der Waals surface area contributed by atoms with Crippen LogP contribution >= 0.6 is 11.3 Å². The number of aryl methyl sites for hydroxylation is 1. The molecular weight excluding hydrogens is 268 g/mol. The van der Waals surface area contributed by atoms with Gasteiger partial charge < -0.3 is 10.1 Å². The highest BCUT2D eigenvalue weighted by Gasteiger charge is 2.39. The first-order valence-corrected chi connectivity index (χ1v) is 8.68. The molecule has 2 rings (SSSR count). The second-order valence-corrected chi connectivity index (χ2v) is 7.26. The highest BCUT2D eigenvalue weighted by molar-refractivity contribution is 7.11. The summed E-state index contributed by atoms with van der Waals surface area (Å²) in [4.78, 5) is 6.30. The summed E-state index contributed by atoms with van der Waals surface area (Å²) in [6.45, 7) is 8.68. The van der Waals surface area contributed by atoms with Crippen LogP contribution in [0.2, 0.25) is 0 Å². The second kappa shape index (κ2) is 7.01. The minimum atomic E-state index is -0.0924. The quantitative estimate of drug-likeness (QED) is 0.829. The largest absolute Gasteiger partial charge is 0.371 e. The standard InChI is InChI=1S/C16H28N2OS/c1-5-13-14(11-17-10-12(2)3)20-15(18-13)16(19-4)8-6-7-9-16/h12,17H,5-11H2,1-4H3. The molecule has 0 aliphatic heterocycles. The van der Waals surface area contributed by atoms with Gasteiger partial charge in [0.2, 0.25) is 0 Å². The number of hydrogen-bond acceptors (Lipinski definition) is 4. The minimum Gasteiger partial charge on any atom is -0.371 e. The number of hydrogen-bond donors (Lipinski definition) is 1. The smallest absolute Gasteiger partial charge is 0.125 e. The molecule has 114 valence electrons. The van der Waals surface area contributed by atoms with Gasteiger partial charge in [0, 0.05) is 18.5 Å². The summed E-state index contributed by atoms with van der Waals surface area (Å²) in [6.07, 6.45) is 5.78. The Morgan fingerprint density at radius 2 is 2.05 bits per heavy atom. The highest BCUT2D eigenvalue weighted by atomic mass is 32.1. The van der Waals surface area contributed by atoms with Gasteiger partial charge in [-0.05, 0) is 31.7 Å². The number of thiazole rings is 1. The molecule has 0 aromatic carbocycles. The van der Waals surface area contributed by atoms with Gasteiger partial charge in [-0.3, -0.25) is 0 Å². The van der Waals surface area contributed by atoms with Crippen molar-refractivity contribution in [2.24, 2.45) is 5.92 Å². The Labute approximate surface area is 127 Å².